The van der Waals surface area contributed by atoms with Gasteiger partial charge < -0.3 is 0 Å². The highest BCUT2D eigenvalue weighted by Crippen LogP contribution is 2.23. The molecule has 0 aliphatic rings. The van der Waals surface area contributed by atoms with Crippen molar-refractivity contribution < 1.29 is 9.31 Å². The van der Waals surface area contributed by atoms with E-state index in [4.69, 9.17) is 0 Å². The zero-order valence-corrected chi connectivity index (χ0v) is 10.7. The lowest BCUT2D eigenvalue weighted by atomic mass is 10.2. The molecule has 0 bridgehead atoms. The number of hydrogen-bond donors (Lipinski definition) is 0. The van der Waals surface area contributed by atoms with E-state index in [1.165, 1.54) is 10.7 Å². The average Bonchev–Trinajstić information content (AvgIpc) is 2.78. The number of hydrogen-bond acceptors (Lipinski definition) is 4. The van der Waals surface area contributed by atoms with Gasteiger partial charge in [-0.15, -0.1) is 5.10 Å². The van der Waals surface area contributed by atoms with E-state index in [9.17, 15) is 14.5 Å². The number of nitro groups is 1. The molecule has 0 radical (unpaired) electrons. The van der Waals surface area contributed by atoms with Crippen LogP contribution in [0.2, 0.25) is 0 Å². The van der Waals surface area contributed by atoms with Gasteiger partial charge in [0.15, 0.2) is 0 Å². The van der Waals surface area contributed by atoms with E-state index in [-0.39, 0.29) is 11.4 Å². The summed E-state index contributed by atoms with van der Waals surface area (Å²) < 4.78 is 14.3. The molecule has 94 valence electrons. The van der Waals surface area contributed by atoms with Crippen molar-refractivity contribution in [2.24, 2.45) is 0 Å². The van der Waals surface area contributed by atoms with E-state index < -0.39 is 10.7 Å². The van der Waals surface area contributed by atoms with Gasteiger partial charge in [-0.3, -0.25) is 10.1 Å². The highest BCUT2D eigenvalue weighted by atomic mass is 79.9. The van der Waals surface area contributed by atoms with Crippen molar-refractivity contribution in [3.63, 3.8) is 0 Å². The molecule has 0 atom stereocenters. The van der Waals surface area contributed by atoms with E-state index in [1.807, 2.05) is 0 Å². The largest absolute Gasteiger partial charge is 0.297 e. The van der Waals surface area contributed by atoms with Gasteiger partial charge in [-0.2, -0.15) is 0 Å². The predicted molar refractivity (Wildman–Crippen MR) is 65.5 cm³/mol. The van der Waals surface area contributed by atoms with E-state index in [0.29, 0.717) is 12.1 Å². The first-order valence-electron chi connectivity index (χ1n) is 5.03. The molecular weight excluding hydrogens is 307 g/mol. The highest BCUT2D eigenvalue weighted by Gasteiger charge is 2.17. The van der Waals surface area contributed by atoms with Crippen LogP contribution >= 0.6 is 15.9 Å². The van der Waals surface area contributed by atoms with Crippen molar-refractivity contribution in [2.75, 3.05) is 5.33 Å². The molecule has 1 aromatic carbocycles. The molecule has 6 nitrogen and oxygen atoms in total. The molecule has 1 heterocycles. The average molecular weight is 315 g/mol. The van der Waals surface area contributed by atoms with Crippen molar-refractivity contribution in [1.29, 1.82) is 0 Å². The molecule has 8 heteroatoms. The summed E-state index contributed by atoms with van der Waals surface area (Å²) in [7, 11) is 0. The van der Waals surface area contributed by atoms with Gasteiger partial charge in [0, 0.05) is 11.8 Å². The molecule has 0 saturated heterocycles. The van der Waals surface area contributed by atoms with Crippen LogP contribution in [0.4, 0.5) is 10.1 Å². The molecule has 0 unspecified atom stereocenters. The Balaban J connectivity index is 2.45. The smallest absolute Gasteiger partial charge is 0.258 e. The van der Waals surface area contributed by atoms with Gasteiger partial charge >= 0.3 is 0 Å². The Bertz CT molecular complexity index is 587. The van der Waals surface area contributed by atoms with Crippen LogP contribution in [-0.2, 0) is 6.42 Å². The minimum atomic E-state index is -0.661. The predicted octanol–water partition coefficient (Wildman–Crippen LogP) is 2.25. The summed E-state index contributed by atoms with van der Waals surface area (Å²) in [4.78, 5) is 10.2. The molecule has 1 aromatic heterocycles. The number of alkyl halides is 1. The number of nitrogens with zero attached hydrogens (tertiary/aromatic N) is 4. The minimum absolute atomic E-state index is 0.190. The summed E-state index contributed by atoms with van der Waals surface area (Å²) >= 11 is 3.26. The lowest BCUT2D eigenvalue weighted by Gasteiger charge is -2.01. The maximum absolute atomic E-state index is 13.0. The van der Waals surface area contributed by atoms with Crippen molar-refractivity contribution in [1.82, 2.24) is 15.0 Å². The number of aromatic nitrogens is 3. The fourth-order valence-corrected chi connectivity index (χ4v) is 1.87. The maximum atomic E-state index is 13.0. The molecule has 0 aliphatic carbocycles. The monoisotopic (exact) mass is 314 g/mol. The van der Waals surface area contributed by atoms with E-state index in [1.54, 1.807) is 6.20 Å². The highest BCUT2D eigenvalue weighted by molar-refractivity contribution is 9.09. The lowest BCUT2D eigenvalue weighted by molar-refractivity contribution is -0.384. The first-order chi connectivity index (χ1) is 8.61. The number of halogens is 2. The van der Waals surface area contributed by atoms with E-state index >= 15 is 0 Å². The second-order valence-electron chi connectivity index (χ2n) is 3.48. The van der Waals surface area contributed by atoms with Crippen molar-refractivity contribution in [3.8, 4) is 5.69 Å². The zero-order chi connectivity index (χ0) is 13.1. The third-order valence-corrected chi connectivity index (χ3v) is 2.67. The summed E-state index contributed by atoms with van der Waals surface area (Å²) in [6.45, 7) is 0. The zero-order valence-electron chi connectivity index (χ0n) is 9.08. The molecule has 0 aliphatic heterocycles. The van der Waals surface area contributed by atoms with Crippen LogP contribution < -0.4 is 0 Å². The van der Waals surface area contributed by atoms with Crippen LogP contribution in [0, 0.1) is 15.9 Å². The molecule has 0 N–H and O–H groups in total. The molecule has 0 spiro atoms. The maximum Gasteiger partial charge on any atom is 0.297 e. The number of rotatable bonds is 4. The molecule has 2 aromatic rings. The summed E-state index contributed by atoms with van der Waals surface area (Å²) in [5.41, 5.74) is 0.547. The minimum Gasteiger partial charge on any atom is -0.258 e. The topological polar surface area (TPSA) is 73.8 Å². The first-order valence-corrected chi connectivity index (χ1v) is 6.15. The Labute approximate surface area is 110 Å². The van der Waals surface area contributed by atoms with Crippen LogP contribution in [0.15, 0.2) is 24.4 Å². The quantitative estimate of drug-likeness (QED) is 0.493. The number of aryl methyl sites for hydroxylation is 1. The van der Waals surface area contributed by atoms with Crippen LogP contribution in [0.25, 0.3) is 5.69 Å². The normalized spacial score (nSPS) is 10.6. The van der Waals surface area contributed by atoms with Gasteiger partial charge in [-0.1, -0.05) is 21.1 Å². The SMILES string of the molecule is O=[N+]([O-])c1cc(F)ccc1-n1cc(CCBr)nn1. The van der Waals surface area contributed by atoms with Gasteiger partial charge in [0.25, 0.3) is 5.69 Å². The van der Waals surface area contributed by atoms with Crippen LogP contribution in [0.5, 0.6) is 0 Å². The fraction of sp³-hybridized carbons (Fsp3) is 0.200. The summed E-state index contributed by atoms with van der Waals surface area (Å²) in [5.74, 6) is -0.661. The summed E-state index contributed by atoms with van der Waals surface area (Å²) in [6, 6.07) is 3.31. The van der Waals surface area contributed by atoms with E-state index in [2.05, 4.69) is 26.2 Å². The molecule has 18 heavy (non-hydrogen) atoms. The molecule has 2 rings (SSSR count). The van der Waals surface area contributed by atoms with Crippen molar-refractivity contribution >= 4 is 21.6 Å². The Hall–Kier alpha value is -1.83. The Morgan fingerprint density at radius 3 is 2.94 bits per heavy atom. The first kappa shape index (κ1) is 12.6. The summed E-state index contributed by atoms with van der Waals surface area (Å²) in [6.07, 6.45) is 2.25. The van der Waals surface area contributed by atoms with Gasteiger partial charge in [-0.25, -0.2) is 9.07 Å². The fourth-order valence-electron chi connectivity index (χ4n) is 1.46. The van der Waals surface area contributed by atoms with Crippen LogP contribution in [0.1, 0.15) is 5.69 Å². The van der Waals surface area contributed by atoms with Gasteiger partial charge in [0.05, 0.1) is 22.9 Å². The van der Waals surface area contributed by atoms with Crippen molar-refractivity contribution in [3.05, 3.63) is 46.0 Å². The van der Waals surface area contributed by atoms with Crippen LogP contribution in [0.3, 0.4) is 0 Å². The second kappa shape index (κ2) is 5.21. The van der Waals surface area contributed by atoms with Crippen LogP contribution in [-0.4, -0.2) is 25.2 Å². The number of nitro benzene ring substituents is 1. The van der Waals surface area contributed by atoms with E-state index in [0.717, 1.165) is 17.5 Å². The Morgan fingerprint density at radius 1 is 1.50 bits per heavy atom. The Morgan fingerprint density at radius 2 is 2.28 bits per heavy atom. The standard InChI is InChI=1S/C10H8BrFN4O2/c11-4-3-8-6-15(14-13-8)9-2-1-7(12)5-10(9)16(17)18/h1-2,5-6H,3-4H2. The van der Waals surface area contributed by atoms with Gasteiger partial charge in [0.2, 0.25) is 0 Å². The third-order valence-electron chi connectivity index (χ3n) is 2.27. The van der Waals surface area contributed by atoms with Crippen molar-refractivity contribution in [2.45, 2.75) is 6.42 Å². The molecule has 0 amide bonds. The third kappa shape index (κ3) is 2.53. The Kier molecular flexibility index (Phi) is 3.66. The number of benzene rings is 1. The molecule has 0 saturated carbocycles. The molecular formula is C10H8BrFN4O2. The second-order valence-corrected chi connectivity index (χ2v) is 4.28. The molecule has 0 fully saturated rings. The lowest BCUT2D eigenvalue weighted by Crippen LogP contribution is -2.01. The van der Waals surface area contributed by atoms with Gasteiger partial charge in [0.1, 0.15) is 11.5 Å². The van der Waals surface area contributed by atoms with Gasteiger partial charge in [-0.05, 0) is 12.1 Å². The summed E-state index contributed by atoms with van der Waals surface area (Å²) in [5, 5.41) is 19.2.